The summed E-state index contributed by atoms with van der Waals surface area (Å²) in [6, 6.07) is 25.0. The van der Waals surface area contributed by atoms with Crippen LogP contribution in [-0.4, -0.2) is 57.8 Å². The van der Waals surface area contributed by atoms with E-state index in [9.17, 15) is 19.8 Å². The smallest absolute Gasteiger partial charge is 0.303 e. The lowest BCUT2D eigenvalue weighted by Gasteiger charge is -2.43. The van der Waals surface area contributed by atoms with Crippen LogP contribution >= 0.6 is 0 Å². The number of aliphatic carboxylic acids is 1. The van der Waals surface area contributed by atoms with Crippen molar-refractivity contribution < 1.29 is 34.4 Å². The van der Waals surface area contributed by atoms with Gasteiger partial charge in [0, 0.05) is 43.5 Å². The van der Waals surface area contributed by atoms with Crippen molar-refractivity contribution in [2.24, 2.45) is 5.92 Å². The second kappa shape index (κ2) is 15.9. The zero-order valence-electron chi connectivity index (χ0n) is 25.6. The van der Waals surface area contributed by atoms with Gasteiger partial charge in [-0.2, -0.15) is 0 Å². The molecule has 0 bridgehead atoms. The predicted octanol–water partition coefficient (Wildman–Crippen LogP) is 4.90. The van der Waals surface area contributed by atoms with Gasteiger partial charge in [0.1, 0.15) is 0 Å². The number of amides is 1. The van der Waals surface area contributed by atoms with Crippen LogP contribution in [0.5, 0.6) is 0 Å². The Kier molecular flexibility index (Phi) is 12.1. The topological polar surface area (TPSA) is 129 Å². The molecule has 0 aliphatic carbocycles. The number of likely N-dealkylation sites (N-methyl/N-ethyl adjacent to an activating group) is 1. The Morgan fingerprint density at radius 3 is 2.18 bits per heavy atom. The van der Waals surface area contributed by atoms with E-state index in [0.29, 0.717) is 19.5 Å². The summed E-state index contributed by atoms with van der Waals surface area (Å²) in [6.07, 6.45) is -1.32. The molecule has 1 amide bonds. The summed E-state index contributed by atoms with van der Waals surface area (Å²) in [5.74, 6) is -1.10. The van der Waals surface area contributed by atoms with Crippen molar-refractivity contribution in [2.75, 3.05) is 13.6 Å². The van der Waals surface area contributed by atoms with Crippen molar-refractivity contribution in [3.05, 3.63) is 107 Å². The maximum atomic E-state index is 12.1. The molecule has 4 N–H and O–H groups in total. The lowest BCUT2D eigenvalue weighted by Crippen LogP contribution is -2.46. The Balaban J connectivity index is 1.47. The van der Waals surface area contributed by atoms with Crippen molar-refractivity contribution >= 4 is 11.9 Å². The number of carboxylic acid groups (broad SMARTS) is 1. The molecule has 0 radical (unpaired) electrons. The van der Waals surface area contributed by atoms with E-state index in [1.807, 2.05) is 92.8 Å². The summed E-state index contributed by atoms with van der Waals surface area (Å²) in [5.41, 5.74) is 4.44. The van der Waals surface area contributed by atoms with Crippen LogP contribution in [0.3, 0.4) is 0 Å². The molecule has 1 saturated heterocycles. The summed E-state index contributed by atoms with van der Waals surface area (Å²) in [7, 11) is 1.99. The lowest BCUT2D eigenvalue weighted by molar-refractivity contribution is -0.276. The molecule has 1 aliphatic heterocycles. The van der Waals surface area contributed by atoms with Crippen LogP contribution in [0.1, 0.15) is 79.4 Å². The van der Waals surface area contributed by atoms with E-state index in [0.717, 1.165) is 27.8 Å². The second-order valence-electron chi connectivity index (χ2n) is 11.6. The second-order valence-corrected chi connectivity index (χ2v) is 11.6. The molecule has 1 fully saturated rings. The minimum atomic E-state index is -0.910. The number of carbonyl (C=O) groups excluding carboxylic acids is 1. The first-order valence-electron chi connectivity index (χ1n) is 15.2. The van der Waals surface area contributed by atoms with Crippen LogP contribution in [0.2, 0.25) is 0 Å². The Bertz CT molecular complexity index is 1330. The molecule has 0 unspecified atom stereocenters. The van der Waals surface area contributed by atoms with Crippen LogP contribution in [-0.2, 0) is 32.2 Å². The number of hydrogen-bond donors (Lipinski definition) is 4. The number of aliphatic hydroxyl groups excluding tert-OH is 2. The van der Waals surface area contributed by atoms with Gasteiger partial charge in [-0.15, -0.1) is 0 Å². The molecule has 44 heavy (non-hydrogen) atoms. The average Bonchev–Trinajstić information content (AvgIpc) is 3.04. The lowest BCUT2D eigenvalue weighted by atomic mass is 9.89. The van der Waals surface area contributed by atoms with Crippen LogP contribution < -0.4 is 5.32 Å². The van der Waals surface area contributed by atoms with E-state index in [-0.39, 0.29) is 49.5 Å². The predicted molar refractivity (Wildman–Crippen MR) is 166 cm³/mol. The Morgan fingerprint density at radius 2 is 1.55 bits per heavy atom. The first-order valence-corrected chi connectivity index (χ1v) is 15.2. The van der Waals surface area contributed by atoms with E-state index < -0.39 is 18.4 Å². The number of benzene rings is 3. The number of nitrogens with one attached hydrogen (secondary N) is 1. The number of aliphatic hydroxyl groups is 2. The molecule has 0 spiro atoms. The van der Waals surface area contributed by atoms with Gasteiger partial charge < -0.3 is 30.1 Å². The molecular weight excluding hydrogens is 560 g/mol. The van der Waals surface area contributed by atoms with Gasteiger partial charge in [-0.25, -0.2) is 0 Å². The summed E-state index contributed by atoms with van der Waals surface area (Å²) < 4.78 is 13.2. The van der Waals surface area contributed by atoms with Crippen LogP contribution in [0.25, 0.3) is 0 Å². The van der Waals surface area contributed by atoms with E-state index in [4.69, 9.17) is 14.6 Å². The Morgan fingerprint density at radius 1 is 0.909 bits per heavy atom. The van der Waals surface area contributed by atoms with Crippen molar-refractivity contribution in [1.82, 2.24) is 10.2 Å². The molecule has 6 atom stereocenters. The highest BCUT2D eigenvalue weighted by Gasteiger charge is 2.39. The number of hydrogen-bond acceptors (Lipinski definition) is 7. The fourth-order valence-corrected chi connectivity index (χ4v) is 5.43. The minimum Gasteiger partial charge on any atom is -0.481 e. The van der Waals surface area contributed by atoms with Gasteiger partial charge in [-0.1, -0.05) is 85.8 Å². The van der Waals surface area contributed by atoms with Crippen molar-refractivity contribution in [2.45, 2.75) is 76.9 Å². The first-order chi connectivity index (χ1) is 21.2. The Labute approximate surface area is 259 Å². The molecule has 236 valence electrons. The fraction of sp³-hybridized carbons (Fsp3) is 0.429. The van der Waals surface area contributed by atoms with Crippen molar-refractivity contribution in [3.8, 4) is 0 Å². The molecule has 9 heteroatoms. The van der Waals surface area contributed by atoms with Gasteiger partial charge in [0.2, 0.25) is 5.91 Å². The monoisotopic (exact) mass is 604 g/mol. The van der Waals surface area contributed by atoms with Gasteiger partial charge in [0.25, 0.3) is 0 Å². The summed E-state index contributed by atoms with van der Waals surface area (Å²) in [4.78, 5) is 24.9. The highest BCUT2D eigenvalue weighted by Crippen LogP contribution is 2.42. The maximum absolute atomic E-state index is 12.1. The first kappa shape index (κ1) is 33.3. The van der Waals surface area contributed by atoms with Gasteiger partial charge in [-0.3, -0.25) is 14.5 Å². The summed E-state index contributed by atoms with van der Waals surface area (Å²) >= 11 is 0. The Hall–Kier alpha value is -3.60. The van der Waals surface area contributed by atoms with Crippen molar-refractivity contribution in [1.29, 1.82) is 0 Å². The third-order valence-corrected chi connectivity index (χ3v) is 8.42. The number of carbonyl (C=O) groups is 2. The third-order valence-electron chi connectivity index (χ3n) is 8.42. The van der Waals surface area contributed by atoms with E-state index in [1.165, 1.54) is 0 Å². The van der Waals surface area contributed by atoms with Crippen LogP contribution in [0.4, 0.5) is 0 Å². The van der Waals surface area contributed by atoms with Crippen LogP contribution in [0.15, 0.2) is 78.9 Å². The number of rotatable bonds is 14. The minimum absolute atomic E-state index is 0.00893. The van der Waals surface area contributed by atoms with E-state index in [2.05, 4.69) is 17.1 Å². The molecule has 3 aromatic carbocycles. The van der Waals surface area contributed by atoms with E-state index >= 15 is 0 Å². The normalized spacial score (nSPS) is 21.5. The number of ether oxygens (including phenoxy) is 2. The highest BCUT2D eigenvalue weighted by molar-refractivity contribution is 5.76. The standard InChI is InChI=1S/C35H44N2O7/c1-23-30(21-37(3)24(2)33(42)27-8-5-4-6-9-27)43-35(44-34(23)28-16-14-26(22-38)15-17-28)29-18-12-25(13-19-29)20-36-31(39)10-7-11-32(40)41/h4-6,8-9,12-19,23-24,30,33-35,38,42H,7,10-11,20-22H2,1-3H3,(H,36,39)(H,40,41)/t23-,24-,30+,33-,34+,35+/m0/s1. The highest BCUT2D eigenvalue weighted by atomic mass is 16.7. The molecular formula is C35H44N2O7. The SMILES string of the molecule is C[C@H]1[C@@H](CN(C)[C@@H](C)[C@H](O)c2ccccc2)O[C@@H](c2ccc(CNC(=O)CCCC(=O)O)cc2)O[C@H]1c1ccc(CO)cc1. The quantitative estimate of drug-likeness (QED) is 0.205. The molecule has 4 rings (SSSR count). The molecule has 3 aromatic rings. The third kappa shape index (κ3) is 8.97. The summed E-state index contributed by atoms with van der Waals surface area (Å²) in [5, 5.41) is 32.2. The largest absolute Gasteiger partial charge is 0.481 e. The van der Waals surface area contributed by atoms with Crippen molar-refractivity contribution in [3.63, 3.8) is 0 Å². The average molecular weight is 605 g/mol. The van der Waals surface area contributed by atoms with Crippen LogP contribution in [0, 0.1) is 5.92 Å². The molecule has 0 aromatic heterocycles. The van der Waals surface area contributed by atoms with Gasteiger partial charge in [0.15, 0.2) is 6.29 Å². The molecule has 9 nitrogen and oxygen atoms in total. The molecule has 1 heterocycles. The molecule has 1 aliphatic rings. The van der Waals surface area contributed by atoms with Gasteiger partial charge in [-0.05, 0) is 42.6 Å². The number of nitrogens with zero attached hydrogens (tertiary/aromatic N) is 1. The fourth-order valence-electron chi connectivity index (χ4n) is 5.43. The zero-order valence-corrected chi connectivity index (χ0v) is 25.6. The summed E-state index contributed by atoms with van der Waals surface area (Å²) in [6.45, 7) is 5.00. The number of carboxylic acids is 1. The molecule has 0 saturated carbocycles. The maximum Gasteiger partial charge on any atom is 0.303 e. The van der Waals surface area contributed by atoms with Gasteiger partial charge in [0.05, 0.1) is 24.9 Å². The van der Waals surface area contributed by atoms with Gasteiger partial charge >= 0.3 is 5.97 Å². The van der Waals surface area contributed by atoms with E-state index in [1.54, 1.807) is 0 Å². The zero-order chi connectivity index (χ0) is 31.6.